The molecule has 1 aromatic heterocycles. The zero-order valence-corrected chi connectivity index (χ0v) is 12.0. The van der Waals surface area contributed by atoms with Crippen molar-refractivity contribution in [2.24, 2.45) is 11.1 Å². The quantitative estimate of drug-likeness (QED) is 0.783. The average Bonchev–Trinajstić information content (AvgIpc) is 2.78. The lowest BCUT2D eigenvalue weighted by Crippen LogP contribution is -2.28. The minimum atomic E-state index is 0.240. The van der Waals surface area contributed by atoms with Crippen LogP contribution in [0.3, 0.4) is 0 Å². The second-order valence-corrected chi connectivity index (χ2v) is 6.46. The first-order valence-corrected chi connectivity index (χ1v) is 7.36. The van der Waals surface area contributed by atoms with E-state index in [-0.39, 0.29) is 5.41 Å². The van der Waals surface area contributed by atoms with Gasteiger partial charge in [-0.2, -0.15) is 0 Å². The number of rotatable bonds is 6. The molecule has 1 aromatic carbocycles. The maximum atomic E-state index is 5.73. The number of benzene rings is 1. The minimum absolute atomic E-state index is 0.240. The Bertz CT molecular complexity index is 502. The molecule has 0 atom stereocenters. The van der Waals surface area contributed by atoms with Crippen LogP contribution in [0.5, 0.6) is 0 Å². The summed E-state index contributed by atoms with van der Waals surface area (Å²) in [7, 11) is 0. The Hall–Kier alpha value is -0.900. The van der Waals surface area contributed by atoms with Gasteiger partial charge in [0.05, 0.1) is 0 Å². The Balaban J connectivity index is 1.87. The molecule has 0 aliphatic rings. The average molecular weight is 262 g/mol. The standard InChI is InChI=1S/C15H22N2S/c1-15(2,11-16)7-8-17-9-12-10-18-14-6-4-3-5-13(12)14/h3-6,10,17H,7-9,11,16H2,1-2H3. The fourth-order valence-electron chi connectivity index (χ4n) is 1.92. The van der Waals surface area contributed by atoms with Gasteiger partial charge in [-0.25, -0.2) is 0 Å². The molecule has 0 amide bonds. The van der Waals surface area contributed by atoms with Crippen LogP contribution in [0.2, 0.25) is 0 Å². The highest BCUT2D eigenvalue weighted by Gasteiger charge is 2.14. The monoisotopic (exact) mass is 262 g/mol. The van der Waals surface area contributed by atoms with E-state index in [0.717, 1.165) is 26.1 Å². The van der Waals surface area contributed by atoms with Crippen LogP contribution in [-0.2, 0) is 6.54 Å². The van der Waals surface area contributed by atoms with Gasteiger partial charge >= 0.3 is 0 Å². The number of thiophene rings is 1. The summed E-state index contributed by atoms with van der Waals surface area (Å²) in [6.45, 7) is 7.15. The predicted octanol–water partition coefficient (Wildman–Crippen LogP) is 3.37. The summed E-state index contributed by atoms with van der Waals surface area (Å²) in [5.41, 5.74) is 7.38. The van der Waals surface area contributed by atoms with Crippen LogP contribution in [0.15, 0.2) is 29.6 Å². The fourth-order valence-corrected chi connectivity index (χ4v) is 2.88. The normalized spacial score (nSPS) is 12.2. The second-order valence-electron chi connectivity index (χ2n) is 5.55. The van der Waals surface area contributed by atoms with Crippen LogP contribution in [0, 0.1) is 5.41 Å². The number of hydrogen-bond acceptors (Lipinski definition) is 3. The van der Waals surface area contributed by atoms with Gasteiger partial charge in [-0.15, -0.1) is 11.3 Å². The van der Waals surface area contributed by atoms with Gasteiger partial charge in [0.2, 0.25) is 0 Å². The van der Waals surface area contributed by atoms with E-state index in [4.69, 9.17) is 5.73 Å². The molecule has 2 rings (SSSR count). The van der Waals surface area contributed by atoms with Crippen LogP contribution in [-0.4, -0.2) is 13.1 Å². The van der Waals surface area contributed by atoms with E-state index >= 15 is 0 Å². The smallest absolute Gasteiger partial charge is 0.0346 e. The summed E-state index contributed by atoms with van der Waals surface area (Å²) in [4.78, 5) is 0. The topological polar surface area (TPSA) is 38.0 Å². The molecule has 0 aliphatic carbocycles. The van der Waals surface area contributed by atoms with Crippen molar-refractivity contribution >= 4 is 21.4 Å². The van der Waals surface area contributed by atoms with Crippen LogP contribution in [0.4, 0.5) is 0 Å². The lowest BCUT2D eigenvalue weighted by molar-refractivity contribution is 0.339. The van der Waals surface area contributed by atoms with E-state index in [1.54, 1.807) is 0 Å². The van der Waals surface area contributed by atoms with Gasteiger partial charge in [0.15, 0.2) is 0 Å². The van der Waals surface area contributed by atoms with Gasteiger partial charge in [-0.1, -0.05) is 32.0 Å². The fraction of sp³-hybridized carbons (Fsp3) is 0.467. The SMILES string of the molecule is CC(C)(CN)CCNCc1csc2ccccc12. The first kappa shape index (κ1) is 13.5. The Kier molecular flexibility index (Phi) is 4.38. The highest BCUT2D eigenvalue weighted by molar-refractivity contribution is 7.17. The molecule has 0 bridgehead atoms. The lowest BCUT2D eigenvalue weighted by atomic mass is 9.90. The van der Waals surface area contributed by atoms with E-state index in [1.165, 1.54) is 15.6 Å². The summed E-state index contributed by atoms with van der Waals surface area (Å²) >= 11 is 1.82. The molecular weight excluding hydrogens is 240 g/mol. The number of fused-ring (bicyclic) bond motifs is 1. The Morgan fingerprint density at radius 3 is 2.83 bits per heavy atom. The first-order chi connectivity index (χ1) is 8.62. The highest BCUT2D eigenvalue weighted by atomic mass is 32.1. The molecule has 0 saturated heterocycles. The molecular formula is C15H22N2S. The van der Waals surface area contributed by atoms with Gasteiger partial charge in [0.1, 0.15) is 0 Å². The van der Waals surface area contributed by atoms with Crippen molar-refractivity contribution in [3.05, 3.63) is 35.2 Å². The molecule has 0 saturated carbocycles. The van der Waals surface area contributed by atoms with Crippen molar-refractivity contribution in [2.75, 3.05) is 13.1 Å². The third kappa shape index (κ3) is 3.31. The van der Waals surface area contributed by atoms with E-state index in [0.29, 0.717) is 0 Å². The Morgan fingerprint density at radius 2 is 2.06 bits per heavy atom. The molecule has 2 aromatic rings. The first-order valence-electron chi connectivity index (χ1n) is 6.48. The van der Waals surface area contributed by atoms with E-state index in [2.05, 4.69) is 48.8 Å². The number of nitrogens with two attached hydrogens (primary N) is 1. The summed E-state index contributed by atoms with van der Waals surface area (Å²) in [6, 6.07) is 8.59. The van der Waals surface area contributed by atoms with Crippen LogP contribution < -0.4 is 11.1 Å². The van der Waals surface area contributed by atoms with Gasteiger partial charge in [0.25, 0.3) is 0 Å². The molecule has 0 fully saturated rings. The molecule has 18 heavy (non-hydrogen) atoms. The van der Waals surface area contributed by atoms with E-state index < -0.39 is 0 Å². The molecule has 98 valence electrons. The van der Waals surface area contributed by atoms with Crippen LogP contribution in [0.1, 0.15) is 25.8 Å². The van der Waals surface area contributed by atoms with Crippen molar-refractivity contribution in [2.45, 2.75) is 26.8 Å². The predicted molar refractivity (Wildman–Crippen MR) is 81.0 cm³/mol. The zero-order valence-electron chi connectivity index (χ0n) is 11.2. The molecule has 1 heterocycles. The molecule has 3 heteroatoms. The van der Waals surface area contributed by atoms with Gasteiger partial charge < -0.3 is 11.1 Å². The summed E-state index contributed by atoms with van der Waals surface area (Å²) in [5.74, 6) is 0. The number of nitrogens with one attached hydrogen (secondary N) is 1. The molecule has 3 N–H and O–H groups in total. The van der Waals surface area contributed by atoms with E-state index in [9.17, 15) is 0 Å². The second kappa shape index (κ2) is 5.83. The Labute approximate surface area is 113 Å². The highest BCUT2D eigenvalue weighted by Crippen LogP contribution is 2.25. The zero-order chi connectivity index (χ0) is 13.0. The van der Waals surface area contributed by atoms with Crippen molar-refractivity contribution in [3.63, 3.8) is 0 Å². The maximum absolute atomic E-state index is 5.73. The van der Waals surface area contributed by atoms with Crippen LogP contribution in [0.25, 0.3) is 10.1 Å². The van der Waals surface area contributed by atoms with Crippen molar-refractivity contribution in [1.82, 2.24) is 5.32 Å². The van der Waals surface area contributed by atoms with Crippen molar-refractivity contribution < 1.29 is 0 Å². The Morgan fingerprint density at radius 1 is 1.28 bits per heavy atom. The molecule has 2 nitrogen and oxygen atoms in total. The summed E-state index contributed by atoms with van der Waals surface area (Å²) in [6.07, 6.45) is 1.12. The van der Waals surface area contributed by atoms with Crippen molar-refractivity contribution in [1.29, 1.82) is 0 Å². The number of hydrogen-bond donors (Lipinski definition) is 2. The van der Waals surface area contributed by atoms with Crippen LogP contribution >= 0.6 is 11.3 Å². The van der Waals surface area contributed by atoms with Gasteiger partial charge in [-0.3, -0.25) is 0 Å². The third-order valence-corrected chi connectivity index (χ3v) is 4.42. The van der Waals surface area contributed by atoms with Crippen molar-refractivity contribution in [3.8, 4) is 0 Å². The molecule has 0 radical (unpaired) electrons. The lowest BCUT2D eigenvalue weighted by Gasteiger charge is -2.22. The molecule has 0 unspecified atom stereocenters. The summed E-state index contributed by atoms with van der Waals surface area (Å²) in [5, 5.41) is 7.16. The largest absolute Gasteiger partial charge is 0.330 e. The van der Waals surface area contributed by atoms with Gasteiger partial charge in [0, 0.05) is 11.2 Å². The van der Waals surface area contributed by atoms with E-state index in [1.807, 2.05) is 11.3 Å². The summed E-state index contributed by atoms with van der Waals surface area (Å²) < 4.78 is 1.37. The van der Waals surface area contributed by atoms with Gasteiger partial charge in [-0.05, 0) is 47.3 Å². The maximum Gasteiger partial charge on any atom is 0.0346 e. The molecule has 0 aliphatic heterocycles. The molecule has 0 spiro atoms. The third-order valence-electron chi connectivity index (χ3n) is 3.41. The minimum Gasteiger partial charge on any atom is -0.330 e.